The Morgan fingerprint density at radius 3 is 2.18 bits per heavy atom. The van der Waals surface area contributed by atoms with Gasteiger partial charge in [0.1, 0.15) is 0 Å². The van der Waals surface area contributed by atoms with Crippen molar-refractivity contribution in [3.05, 3.63) is 64.3 Å². The van der Waals surface area contributed by atoms with Crippen molar-refractivity contribution in [2.24, 2.45) is 0 Å². The summed E-state index contributed by atoms with van der Waals surface area (Å²) in [5.41, 5.74) is 3.73. The summed E-state index contributed by atoms with van der Waals surface area (Å²) in [4.78, 5) is 0. The maximum atomic E-state index is 2.34. The number of hydrogen-bond acceptors (Lipinski definition) is 0. The van der Waals surface area contributed by atoms with E-state index in [2.05, 4.69) is 99.1 Å². The molecule has 114 valence electrons. The molecule has 2 aromatic rings. The minimum absolute atomic E-state index is 1.03. The van der Waals surface area contributed by atoms with Crippen molar-refractivity contribution in [2.75, 3.05) is 0 Å². The second-order valence-electron chi connectivity index (χ2n) is 5.17. The maximum absolute atomic E-state index is 2.34. The molecule has 1 aromatic heterocycles. The Morgan fingerprint density at radius 1 is 0.955 bits per heavy atom. The van der Waals surface area contributed by atoms with E-state index in [4.69, 9.17) is 0 Å². The quantitative estimate of drug-likeness (QED) is 0.779. The third kappa shape index (κ3) is 2.99. The highest BCUT2D eigenvalue weighted by molar-refractivity contribution is 5.67. The summed E-state index contributed by atoms with van der Waals surface area (Å²) < 4.78 is 2.34. The van der Waals surface area contributed by atoms with Crippen LogP contribution in [0.15, 0.2) is 42.5 Å². The molecule has 0 unspecified atom stereocenters. The van der Waals surface area contributed by atoms with Crippen molar-refractivity contribution in [2.45, 2.75) is 34.1 Å². The molecule has 2 rings (SSSR count). The van der Waals surface area contributed by atoms with E-state index in [1.54, 1.807) is 0 Å². The van der Waals surface area contributed by atoms with Gasteiger partial charge >= 0.3 is 0 Å². The van der Waals surface area contributed by atoms with Crippen LogP contribution in [-0.2, 0) is 0 Å². The van der Waals surface area contributed by atoms with Crippen LogP contribution in [0, 0.1) is 0 Å². The zero-order chi connectivity index (χ0) is 15.9. The Kier molecular flexibility index (Phi) is 5.60. The van der Waals surface area contributed by atoms with Crippen LogP contribution in [0.5, 0.6) is 0 Å². The Labute approximate surface area is 133 Å². The van der Waals surface area contributed by atoms with E-state index in [9.17, 15) is 0 Å². The molecular weight excluding hydrogens is 266 g/mol. The lowest BCUT2D eigenvalue weighted by Gasteiger charge is -2.08. The van der Waals surface area contributed by atoms with Crippen LogP contribution in [0.2, 0.25) is 0 Å². The lowest BCUT2D eigenvalue weighted by molar-refractivity contribution is 1.01. The van der Waals surface area contributed by atoms with Crippen LogP contribution in [0.4, 0.5) is 0 Å². The molecule has 0 aliphatic carbocycles. The first-order chi connectivity index (χ1) is 10.8. The van der Waals surface area contributed by atoms with E-state index in [0.717, 1.165) is 6.42 Å². The van der Waals surface area contributed by atoms with Crippen molar-refractivity contribution in [3.8, 4) is 5.69 Å². The summed E-state index contributed by atoms with van der Waals surface area (Å²) >= 11 is 0. The molecule has 0 atom stereocenters. The monoisotopic (exact) mass is 291 g/mol. The fraction of sp³-hybridized carbons (Fsp3) is 0.238. The number of para-hydroxylation sites is 1. The first-order valence-electron chi connectivity index (χ1n) is 8.00. The van der Waals surface area contributed by atoms with Gasteiger partial charge in [-0.1, -0.05) is 55.5 Å². The second kappa shape index (κ2) is 7.65. The van der Waals surface area contributed by atoms with Crippen molar-refractivity contribution in [3.63, 3.8) is 0 Å². The molecule has 1 aromatic carbocycles. The van der Waals surface area contributed by atoms with Crippen LogP contribution in [-0.4, -0.2) is 4.57 Å². The molecule has 0 fully saturated rings. The summed E-state index contributed by atoms with van der Waals surface area (Å²) in [5.74, 6) is 0. The number of allylic oxidation sites excluding steroid dienone is 2. The second-order valence-corrected chi connectivity index (χ2v) is 5.17. The molecule has 22 heavy (non-hydrogen) atoms. The fourth-order valence-electron chi connectivity index (χ4n) is 2.87. The van der Waals surface area contributed by atoms with E-state index in [1.165, 1.54) is 27.5 Å². The van der Waals surface area contributed by atoms with Gasteiger partial charge < -0.3 is 4.57 Å². The van der Waals surface area contributed by atoms with E-state index in [-0.39, 0.29) is 0 Å². The normalized spacial score (nSPS) is 13.8. The first kappa shape index (κ1) is 16.1. The van der Waals surface area contributed by atoms with Gasteiger partial charge in [0, 0.05) is 21.8 Å². The van der Waals surface area contributed by atoms with Gasteiger partial charge in [-0.25, -0.2) is 0 Å². The minimum Gasteiger partial charge on any atom is -0.310 e. The lowest BCUT2D eigenvalue weighted by Crippen LogP contribution is -2.29. The molecule has 0 radical (unpaired) electrons. The summed E-state index contributed by atoms with van der Waals surface area (Å²) in [6.07, 6.45) is 14.2. The third-order valence-electron chi connectivity index (χ3n) is 3.68. The van der Waals surface area contributed by atoms with Gasteiger partial charge in [-0.3, -0.25) is 0 Å². The topological polar surface area (TPSA) is 4.93 Å². The average molecular weight is 291 g/mol. The molecule has 1 heteroatoms. The van der Waals surface area contributed by atoms with Gasteiger partial charge in [0.25, 0.3) is 0 Å². The predicted octanol–water partition coefficient (Wildman–Crippen LogP) is 4.53. The smallest absolute Gasteiger partial charge is 0.0537 e. The summed E-state index contributed by atoms with van der Waals surface area (Å²) in [5, 5.41) is 2.58. The Balaban J connectivity index is 3.00. The van der Waals surface area contributed by atoms with Crippen LogP contribution in [0.3, 0.4) is 0 Å². The molecule has 1 heterocycles. The van der Waals surface area contributed by atoms with Crippen molar-refractivity contribution < 1.29 is 0 Å². The van der Waals surface area contributed by atoms with Crippen LogP contribution in [0.1, 0.15) is 45.4 Å². The number of aromatic nitrogens is 1. The summed E-state index contributed by atoms with van der Waals surface area (Å²) in [6.45, 7) is 8.44. The molecule has 0 bridgehead atoms. The van der Waals surface area contributed by atoms with Crippen molar-refractivity contribution in [1.29, 1.82) is 0 Å². The Morgan fingerprint density at radius 2 is 1.64 bits per heavy atom. The molecular formula is C21H25N. The van der Waals surface area contributed by atoms with Gasteiger partial charge in [-0.2, -0.15) is 0 Å². The number of nitrogens with zero attached hydrogens (tertiary/aromatic N) is 1. The Bertz CT molecular complexity index is 787. The van der Waals surface area contributed by atoms with E-state index < -0.39 is 0 Å². The molecule has 0 amide bonds. The van der Waals surface area contributed by atoms with E-state index in [1.807, 2.05) is 0 Å². The SMILES string of the molecule is C/C=C\c1c(/C=C\C)n(-c2ccccc2)c(=C/C)/c1=C\CC. The lowest BCUT2D eigenvalue weighted by atomic mass is 10.1. The Hall–Kier alpha value is -2.28. The first-order valence-corrected chi connectivity index (χ1v) is 8.00. The predicted molar refractivity (Wildman–Crippen MR) is 99.3 cm³/mol. The largest absolute Gasteiger partial charge is 0.310 e. The van der Waals surface area contributed by atoms with Crippen LogP contribution < -0.4 is 10.6 Å². The average Bonchev–Trinajstić information content (AvgIpc) is 2.83. The van der Waals surface area contributed by atoms with E-state index >= 15 is 0 Å². The van der Waals surface area contributed by atoms with Crippen LogP contribution >= 0.6 is 0 Å². The fourth-order valence-corrected chi connectivity index (χ4v) is 2.87. The summed E-state index contributed by atoms with van der Waals surface area (Å²) in [6, 6.07) is 10.6. The molecule has 1 nitrogen and oxygen atoms in total. The zero-order valence-electron chi connectivity index (χ0n) is 14.0. The standard InChI is InChI=1S/C21H25N/c1-5-12-18-19(13-6-2)21(14-7-3)22(20(18)8-4)17-15-10-9-11-16-17/h6-16H,5H2,1-4H3/b13-6-,14-7-,18-12-,20-8+. The molecule has 0 aliphatic rings. The van der Waals surface area contributed by atoms with Crippen LogP contribution in [0.25, 0.3) is 30.0 Å². The number of hydrogen-bond donors (Lipinski definition) is 0. The molecule has 0 saturated heterocycles. The van der Waals surface area contributed by atoms with Gasteiger partial charge in [0.05, 0.1) is 5.69 Å². The molecule has 0 aliphatic heterocycles. The molecule has 0 N–H and O–H groups in total. The van der Waals surface area contributed by atoms with Gasteiger partial charge in [-0.15, -0.1) is 0 Å². The zero-order valence-corrected chi connectivity index (χ0v) is 14.0. The van der Waals surface area contributed by atoms with E-state index in [0.29, 0.717) is 0 Å². The van der Waals surface area contributed by atoms with Gasteiger partial charge in [0.2, 0.25) is 0 Å². The van der Waals surface area contributed by atoms with Gasteiger partial charge in [-0.05, 0) is 45.4 Å². The van der Waals surface area contributed by atoms with Crippen molar-refractivity contribution >= 4 is 24.3 Å². The van der Waals surface area contributed by atoms with Crippen molar-refractivity contribution in [1.82, 2.24) is 4.57 Å². The molecule has 0 saturated carbocycles. The minimum atomic E-state index is 1.03. The van der Waals surface area contributed by atoms with Gasteiger partial charge in [0.15, 0.2) is 0 Å². The number of benzene rings is 1. The number of rotatable bonds is 4. The highest BCUT2D eigenvalue weighted by Crippen LogP contribution is 2.15. The highest BCUT2D eigenvalue weighted by atomic mass is 15.0. The highest BCUT2D eigenvalue weighted by Gasteiger charge is 2.11. The maximum Gasteiger partial charge on any atom is 0.0537 e. The summed E-state index contributed by atoms with van der Waals surface area (Å²) in [7, 11) is 0. The third-order valence-corrected chi connectivity index (χ3v) is 3.68. The molecule has 0 spiro atoms.